The fourth-order valence-corrected chi connectivity index (χ4v) is 3.61. The van der Waals surface area contributed by atoms with Gasteiger partial charge in [-0.25, -0.2) is 4.39 Å². The van der Waals surface area contributed by atoms with Crippen LogP contribution < -0.4 is 10.9 Å². The molecule has 0 radical (unpaired) electrons. The molecule has 3 amide bonds. The van der Waals surface area contributed by atoms with Crippen molar-refractivity contribution >= 4 is 17.7 Å². The maximum atomic E-state index is 13.4. The van der Waals surface area contributed by atoms with Gasteiger partial charge in [-0.3, -0.25) is 23.7 Å². The Labute approximate surface area is 179 Å². The van der Waals surface area contributed by atoms with Crippen LogP contribution in [0.15, 0.2) is 35.3 Å². The molecule has 3 rings (SSSR count). The minimum absolute atomic E-state index is 0.0668. The summed E-state index contributed by atoms with van der Waals surface area (Å²) in [4.78, 5) is 52.6. The SMILES string of the molecule is CC(=O)NCCC(=O)N1CCc2c(cn(-c3ccc(F)cc3)c(=O)c2C(=O)N(C)C)C1. The second-order valence-corrected chi connectivity index (χ2v) is 7.66. The van der Waals surface area contributed by atoms with Gasteiger partial charge >= 0.3 is 0 Å². The van der Waals surface area contributed by atoms with E-state index in [1.54, 1.807) is 25.2 Å². The zero-order valence-corrected chi connectivity index (χ0v) is 17.8. The summed E-state index contributed by atoms with van der Waals surface area (Å²) in [6, 6.07) is 5.41. The van der Waals surface area contributed by atoms with Crippen LogP contribution in [0.25, 0.3) is 5.69 Å². The fraction of sp³-hybridized carbons (Fsp3) is 0.364. The second kappa shape index (κ2) is 9.11. The first kappa shape index (κ1) is 22.2. The van der Waals surface area contributed by atoms with Gasteiger partial charge in [0.05, 0.1) is 0 Å². The Balaban J connectivity index is 2.00. The third-order valence-corrected chi connectivity index (χ3v) is 5.19. The van der Waals surface area contributed by atoms with E-state index in [1.165, 1.54) is 40.7 Å². The van der Waals surface area contributed by atoms with Gasteiger partial charge in [-0.2, -0.15) is 0 Å². The lowest BCUT2D eigenvalue weighted by atomic mass is 9.95. The van der Waals surface area contributed by atoms with E-state index in [9.17, 15) is 23.6 Å². The lowest BCUT2D eigenvalue weighted by molar-refractivity contribution is -0.132. The van der Waals surface area contributed by atoms with Crippen LogP contribution in [0.4, 0.5) is 4.39 Å². The summed E-state index contributed by atoms with van der Waals surface area (Å²) in [5, 5.41) is 2.60. The summed E-state index contributed by atoms with van der Waals surface area (Å²) >= 11 is 0. The van der Waals surface area contributed by atoms with Gasteiger partial charge in [0.2, 0.25) is 11.8 Å². The standard InChI is InChI=1S/C22H25FN4O4/c1-14(28)24-10-8-19(29)26-11-9-18-15(12-26)13-27(17-6-4-16(23)5-7-17)22(31)20(18)21(30)25(2)3/h4-7,13H,8-12H2,1-3H3,(H,24,28). The second-order valence-electron chi connectivity index (χ2n) is 7.66. The molecule has 0 fully saturated rings. The molecule has 1 N–H and O–H groups in total. The maximum absolute atomic E-state index is 13.4. The Morgan fingerprint density at radius 2 is 1.84 bits per heavy atom. The zero-order chi connectivity index (χ0) is 22.7. The molecule has 31 heavy (non-hydrogen) atoms. The molecule has 0 saturated heterocycles. The van der Waals surface area contributed by atoms with Crippen LogP contribution in [-0.4, -0.2) is 59.3 Å². The number of aromatic nitrogens is 1. The third-order valence-electron chi connectivity index (χ3n) is 5.19. The van der Waals surface area contributed by atoms with Crippen molar-refractivity contribution in [1.82, 2.24) is 19.7 Å². The van der Waals surface area contributed by atoms with Crippen LogP contribution in [0.5, 0.6) is 0 Å². The van der Waals surface area contributed by atoms with Crippen LogP contribution in [0.3, 0.4) is 0 Å². The number of benzene rings is 1. The quantitative estimate of drug-likeness (QED) is 0.772. The molecule has 1 aliphatic rings. The topological polar surface area (TPSA) is 91.7 Å². The zero-order valence-electron chi connectivity index (χ0n) is 17.8. The molecule has 0 atom stereocenters. The van der Waals surface area contributed by atoms with Gasteiger partial charge < -0.3 is 15.1 Å². The molecule has 0 aliphatic carbocycles. The summed E-state index contributed by atoms with van der Waals surface area (Å²) in [7, 11) is 3.15. The number of nitrogens with zero attached hydrogens (tertiary/aromatic N) is 3. The molecule has 1 aliphatic heterocycles. The van der Waals surface area contributed by atoms with Crippen molar-refractivity contribution in [1.29, 1.82) is 0 Å². The number of halogens is 1. The van der Waals surface area contributed by atoms with Crippen LogP contribution in [0, 0.1) is 5.82 Å². The highest BCUT2D eigenvalue weighted by Gasteiger charge is 2.28. The summed E-state index contributed by atoms with van der Waals surface area (Å²) < 4.78 is 14.7. The molecule has 0 unspecified atom stereocenters. The van der Waals surface area contributed by atoms with Crippen molar-refractivity contribution in [3.05, 3.63) is 63.3 Å². The van der Waals surface area contributed by atoms with Crippen molar-refractivity contribution < 1.29 is 18.8 Å². The molecule has 1 aromatic carbocycles. The van der Waals surface area contributed by atoms with Gasteiger partial charge in [-0.15, -0.1) is 0 Å². The molecule has 1 aromatic heterocycles. The smallest absolute Gasteiger partial charge is 0.268 e. The van der Waals surface area contributed by atoms with Crippen LogP contribution in [0.2, 0.25) is 0 Å². The van der Waals surface area contributed by atoms with Crippen molar-refractivity contribution in [2.24, 2.45) is 0 Å². The number of hydrogen-bond acceptors (Lipinski definition) is 4. The van der Waals surface area contributed by atoms with E-state index in [4.69, 9.17) is 0 Å². The van der Waals surface area contributed by atoms with E-state index < -0.39 is 17.3 Å². The maximum Gasteiger partial charge on any atom is 0.268 e. The summed E-state index contributed by atoms with van der Waals surface area (Å²) in [6.45, 7) is 2.25. The molecular weight excluding hydrogens is 403 g/mol. The van der Waals surface area contributed by atoms with Crippen LogP contribution in [-0.2, 0) is 22.6 Å². The van der Waals surface area contributed by atoms with Gasteiger partial charge in [0.15, 0.2) is 0 Å². The lowest BCUT2D eigenvalue weighted by Gasteiger charge is -2.31. The average Bonchev–Trinajstić information content (AvgIpc) is 2.73. The number of fused-ring (bicyclic) bond motifs is 1. The number of amides is 3. The van der Waals surface area contributed by atoms with E-state index in [1.807, 2.05) is 0 Å². The summed E-state index contributed by atoms with van der Waals surface area (Å²) in [6.07, 6.45) is 2.15. The predicted molar refractivity (Wildman–Crippen MR) is 112 cm³/mol. The monoisotopic (exact) mass is 428 g/mol. The molecule has 2 heterocycles. The number of carbonyl (C=O) groups is 3. The molecule has 9 heteroatoms. The summed E-state index contributed by atoms with van der Waals surface area (Å²) in [5.74, 6) is -1.18. The van der Waals surface area contributed by atoms with Crippen LogP contribution >= 0.6 is 0 Å². The van der Waals surface area contributed by atoms with E-state index >= 15 is 0 Å². The van der Waals surface area contributed by atoms with Crippen LogP contribution in [0.1, 0.15) is 34.8 Å². The van der Waals surface area contributed by atoms with E-state index in [0.29, 0.717) is 29.8 Å². The first-order valence-electron chi connectivity index (χ1n) is 9.96. The number of carbonyl (C=O) groups excluding carboxylic acids is 3. The minimum Gasteiger partial charge on any atom is -0.356 e. The molecule has 2 aromatic rings. The highest BCUT2D eigenvalue weighted by molar-refractivity contribution is 5.95. The molecule has 0 spiro atoms. The van der Waals surface area contributed by atoms with Crippen molar-refractivity contribution in [2.75, 3.05) is 27.2 Å². The molecular formula is C22H25FN4O4. The Kier molecular flexibility index (Phi) is 6.53. The van der Waals surface area contributed by atoms with Crippen molar-refractivity contribution in [3.63, 3.8) is 0 Å². The van der Waals surface area contributed by atoms with Gasteiger partial charge in [0.25, 0.3) is 11.5 Å². The normalized spacial score (nSPS) is 12.8. The number of nitrogens with one attached hydrogen (secondary N) is 1. The van der Waals surface area contributed by atoms with E-state index in [2.05, 4.69) is 5.32 Å². The van der Waals surface area contributed by atoms with Gasteiger partial charge in [-0.1, -0.05) is 0 Å². The van der Waals surface area contributed by atoms with Crippen molar-refractivity contribution in [2.45, 2.75) is 26.3 Å². The lowest BCUT2D eigenvalue weighted by Crippen LogP contribution is -2.41. The molecule has 8 nitrogen and oxygen atoms in total. The third kappa shape index (κ3) is 4.82. The Morgan fingerprint density at radius 3 is 2.45 bits per heavy atom. The predicted octanol–water partition coefficient (Wildman–Crippen LogP) is 1.09. The minimum atomic E-state index is -0.477. The Bertz CT molecular complexity index is 1080. The number of hydrogen-bond donors (Lipinski definition) is 1. The first-order valence-corrected chi connectivity index (χ1v) is 9.96. The number of pyridine rings is 1. The van der Waals surface area contributed by atoms with E-state index in [0.717, 1.165) is 0 Å². The molecule has 164 valence electrons. The summed E-state index contributed by atoms with van der Waals surface area (Å²) in [5.41, 5.74) is 1.34. The first-order chi connectivity index (χ1) is 14.7. The largest absolute Gasteiger partial charge is 0.356 e. The van der Waals surface area contributed by atoms with Gasteiger partial charge in [0.1, 0.15) is 11.4 Å². The van der Waals surface area contributed by atoms with Crippen molar-refractivity contribution in [3.8, 4) is 5.69 Å². The van der Waals surface area contributed by atoms with Gasteiger partial charge in [-0.05, 0) is 41.8 Å². The van der Waals surface area contributed by atoms with Gasteiger partial charge in [0, 0.05) is 59.0 Å². The highest BCUT2D eigenvalue weighted by atomic mass is 19.1. The highest BCUT2D eigenvalue weighted by Crippen LogP contribution is 2.23. The Hall–Kier alpha value is -3.49. The Morgan fingerprint density at radius 1 is 1.16 bits per heavy atom. The fourth-order valence-electron chi connectivity index (χ4n) is 3.61. The molecule has 0 saturated carbocycles. The molecule has 0 bridgehead atoms. The average molecular weight is 428 g/mol. The number of rotatable bonds is 5. The van der Waals surface area contributed by atoms with E-state index in [-0.39, 0.29) is 36.9 Å².